The molecule has 8 nitrogen and oxygen atoms in total. The van der Waals surface area contributed by atoms with Crippen LogP contribution in [0.25, 0.3) is 0 Å². The molecule has 1 aliphatic carbocycles. The Morgan fingerprint density at radius 1 is 0.868 bits per heavy atom. The van der Waals surface area contributed by atoms with Crippen molar-refractivity contribution in [2.75, 3.05) is 48.8 Å². The van der Waals surface area contributed by atoms with Crippen LogP contribution in [0.15, 0.2) is 42.0 Å². The van der Waals surface area contributed by atoms with E-state index in [2.05, 4.69) is 0 Å². The van der Waals surface area contributed by atoms with Gasteiger partial charge in [-0.2, -0.15) is 0 Å². The highest BCUT2D eigenvalue weighted by Crippen LogP contribution is 2.46. The van der Waals surface area contributed by atoms with Crippen molar-refractivity contribution in [2.24, 2.45) is 11.8 Å². The Kier molecular flexibility index (Phi) is 9.39. The average molecular weight is 527 g/mol. The third kappa shape index (κ3) is 6.01. The van der Waals surface area contributed by atoms with Gasteiger partial charge in [-0.05, 0) is 73.4 Å². The van der Waals surface area contributed by atoms with E-state index in [0.717, 1.165) is 48.8 Å². The molecule has 0 amide bonds. The summed E-state index contributed by atoms with van der Waals surface area (Å²) in [6.07, 6.45) is 6.24. The molecule has 4 rings (SSSR count). The Balaban J connectivity index is 1.62. The van der Waals surface area contributed by atoms with E-state index in [9.17, 15) is 4.79 Å². The Morgan fingerprint density at radius 2 is 1.58 bits per heavy atom. The summed E-state index contributed by atoms with van der Waals surface area (Å²) in [5, 5.41) is 0. The van der Waals surface area contributed by atoms with E-state index < -0.39 is 0 Å². The van der Waals surface area contributed by atoms with Crippen LogP contribution in [0.4, 0.5) is 0 Å². The molecule has 0 saturated carbocycles. The first-order valence-corrected chi connectivity index (χ1v) is 13.0. The first-order chi connectivity index (χ1) is 18.5. The summed E-state index contributed by atoms with van der Waals surface area (Å²) >= 11 is 0. The first kappa shape index (κ1) is 27.6. The van der Waals surface area contributed by atoms with Gasteiger partial charge in [-0.25, -0.2) is 4.79 Å². The molecular weight excluding hydrogens is 488 g/mol. The summed E-state index contributed by atoms with van der Waals surface area (Å²) in [5.74, 6) is 2.77. The number of rotatable bonds is 11. The minimum Gasteiger partial charge on any atom is -0.493 e. The second-order valence-electron chi connectivity index (χ2n) is 9.60. The van der Waals surface area contributed by atoms with Crippen molar-refractivity contribution in [1.82, 2.24) is 0 Å². The van der Waals surface area contributed by atoms with Gasteiger partial charge in [-0.15, -0.1) is 0 Å². The van der Waals surface area contributed by atoms with Crippen LogP contribution in [0, 0.1) is 11.8 Å². The summed E-state index contributed by atoms with van der Waals surface area (Å²) < 4.78 is 39.8. The van der Waals surface area contributed by atoms with Gasteiger partial charge in [0.2, 0.25) is 5.75 Å². The third-order valence-corrected chi connectivity index (χ3v) is 7.41. The summed E-state index contributed by atoms with van der Waals surface area (Å²) in [5.41, 5.74) is 2.75. The second kappa shape index (κ2) is 12.9. The molecular formula is C30H38O8. The average Bonchev–Trinajstić information content (AvgIpc) is 3.37. The maximum absolute atomic E-state index is 12.9. The Hall–Kier alpha value is -3.39. The lowest BCUT2D eigenvalue weighted by Gasteiger charge is -2.25. The highest BCUT2D eigenvalue weighted by Gasteiger charge is 2.40. The van der Waals surface area contributed by atoms with E-state index in [1.54, 1.807) is 35.5 Å². The minimum atomic E-state index is -0.318. The van der Waals surface area contributed by atoms with Crippen LogP contribution in [0.3, 0.4) is 0 Å². The topological polar surface area (TPSA) is 81.7 Å². The SMILES string of the molecule is COc1ccc(C[C@H]2CO[C@H](c3cc(OC)c(OC)c(OC)c3)[C@H]2COC(=O)C2=CCCCC2)cc1OC. The number of hydrogen-bond donors (Lipinski definition) is 0. The highest BCUT2D eigenvalue weighted by atomic mass is 16.5. The lowest BCUT2D eigenvalue weighted by atomic mass is 9.84. The molecule has 1 saturated heterocycles. The predicted molar refractivity (Wildman–Crippen MR) is 143 cm³/mol. The quantitative estimate of drug-likeness (QED) is 0.364. The van der Waals surface area contributed by atoms with E-state index in [1.807, 2.05) is 36.4 Å². The number of ether oxygens (including phenoxy) is 7. The Bertz CT molecular complexity index is 1120. The molecule has 0 bridgehead atoms. The van der Waals surface area contributed by atoms with Gasteiger partial charge < -0.3 is 33.2 Å². The molecule has 2 aromatic carbocycles. The van der Waals surface area contributed by atoms with Crippen molar-refractivity contribution in [3.63, 3.8) is 0 Å². The summed E-state index contributed by atoms with van der Waals surface area (Å²) in [7, 11) is 8.01. The Labute approximate surface area is 224 Å². The van der Waals surface area contributed by atoms with Gasteiger partial charge >= 0.3 is 5.97 Å². The number of methoxy groups -OCH3 is 5. The predicted octanol–water partition coefficient (Wildman–Crippen LogP) is 5.32. The van der Waals surface area contributed by atoms with Gasteiger partial charge in [0.05, 0.1) is 54.9 Å². The van der Waals surface area contributed by atoms with Crippen LogP contribution in [-0.2, 0) is 20.7 Å². The molecule has 38 heavy (non-hydrogen) atoms. The fourth-order valence-electron chi connectivity index (χ4n) is 5.36. The van der Waals surface area contributed by atoms with Crippen molar-refractivity contribution in [1.29, 1.82) is 0 Å². The minimum absolute atomic E-state index is 0.0842. The smallest absolute Gasteiger partial charge is 0.333 e. The fraction of sp³-hybridized carbons (Fsp3) is 0.500. The lowest BCUT2D eigenvalue weighted by molar-refractivity contribution is -0.141. The van der Waals surface area contributed by atoms with Gasteiger partial charge in [0.1, 0.15) is 0 Å². The van der Waals surface area contributed by atoms with Crippen molar-refractivity contribution in [3.05, 3.63) is 53.1 Å². The van der Waals surface area contributed by atoms with Crippen LogP contribution >= 0.6 is 0 Å². The number of hydrogen-bond acceptors (Lipinski definition) is 8. The normalized spacial score (nSPS) is 20.9. The summed E-state index contributed by atoms with van der Waals surface area (Å²) in [4.78, 5) is 12.9. The zero-order chi connectivity index (χ0) is 27.1. The molecule has 206 valence electrons. The van der Waals surface area contributed by atoms with Gasteiger partial charge in [-0.1, -0.05) is 12.1 Å². The van der Waals surface area contributed by atoms with Gasteiger partial charge in [0.15, 0.2) is 23.0 Å². The first-order valence-electron chi connectivity index (χ1n) is 13.0. The maximum atomic E-state index is 12.9. The maximum Gasteiger partial charge on any atom is 0.333 e. The molecule has 1 aliphatic heterocycles. The van der Waals surface area contributed by atoms with Crippen molar-refractivity contribution in [3.8, 4) is 28.7 Å². The largest absolute Gasteiger partial charge is 0.493 e. The highest BCUT2D eigenvalue weighted by molar-refractivity contribution is 5.88. The molecule has 8 heteroatoms. The fourth-order valence-corrected chi connectivity index (χ4v) is 5.36. The zero-order valence-corrected chi connectivity index (χ0v) is 22.9. The molecule has 0 spiro atoms. The standard InChI is InChI=1S/C30H38O8/c1-32-24-12-11-19(14-25(24)33-2)13-22-17-37-28(21-15-26(34-3)29(36-5)27(16-21)35-4)23(22)18-38-30(31)20-9-7-6-8-10-20/h9,11-12,14-16,22-23,28H,6-8,10,13,17-18H2,1-5H3/t22-,23-,28+/m0/s1. The summed E-state index contributed by atoms with van der Waals surface area (Å²) in [6, 6.07) is 9.74. The van der Waals surface area contributed by atoms with Crippen LogP contribution in [-0.4, -0.2) is 54.7 Å². The van der Waals surface area contributed by atoms with Gasteiger partial charge in [0.25, 0.3) is 0 Å². The zero-order valence-electron chi connectivity index (χ0n) is 22.9. The number of carbonyl (C=O) groups excluding carboxylic acids is 1. The molecule has 3 atom stereocenters. The number of esters is 1. The third-order valence-electron chi connectivity index (χ3n) is 7.41. The molecule has 0 aromatic heterocycles. The molecule has 0 N–H and O–H groups in total. The van der Waals surface area contributed by atoms with Crippen molar-refractivity contribution in [2.45, 2.75) is 38.2 Å². The Morgan fingerprint density at radius 3 is 2.18 bits per heavy atom. The molecule has 1 heterocycles. The number of benzene rings is 2. The van der Waals surface area contributed by atoms with E-state index in [1.165, 1.54) is 0 Å². The van der Waals surface area contributed by atoms with E-state index >= 15 is 0 Å². The monoisotopic (exact) mass is 526 g/mol. The molecule has 2 aliphatic rings. The number of allylic oxidation sites excluding steroid dienone is 1. The summed E-state index contributed by atoms with van der Waals surface area (Å²) in [6.45, 7) is 0.760. The number of carbonyl (C=O) groups is 1. The molecule has 0 unspecified atom stereocenters. The second-order valence-corrected chi connectivity index (χ2v) is 9.60. The van der Waals surface area contributed by atoms with E-state index in [-0.39, 0.29) is 30.5 Å². The van der Waals surface area contributed by atoms with Crippen LogP contribution < -0.4 is 23.7 Å². The van der Waals surface area contributed by atoms with E-state index in [4.69, 9.17) is 33.2 Å². The van der Waals surface area contributed by atoms with Gasteiger partial charge in [0, 0.05) is 11.5 Å². The molecule has 1 fully saturated rings. The lowest BCUT2D eigenvalue weighted by Crippen LogP contribution is -2.25. The van der Waals surface area contributed by atoms with Crippen molar-refractivity contribution < 1.29 is 38.0 Å². The van der Waals surface area contributed by atoms with Crippen LogP contribution in [0.1, 0.15) is 42.9 Å². The van der Waals surface area contributed by atoms with Crippen LogP contribution in [0.2, 0.25) is 0 Å². The van der Waals surface area contributed by atoms with E-state index in [0.29, 0.717) is 35.4 Å². The van der Waals surface area contributed by atoms with Gasteiger partial charge in [-0.3, -0.25) is 0 Å². The van der Waals surface area contributed by atoms with Crippen molar-refractivity contribution >= 4 is 5.97 Å². The molecule has 2 aromatic rings. The van der Waals surface area contributed by atoms with Crippen LogP contribution in [0.5, 0.6) is 28.7 Å². The molecule has 0 radical (unpaired) electrons.